The van der Waals surface area contributed by atoms with Crippen LogP contribution in [0.25, 0.3) is 22.3 Å². The van der Waals surface area contributed by atoms with Gasteiger partial charge in [0.05, 0.1) is 25.3 Å². The lowest BCUT2D eigenvalue weighted by molar-refractivity contribution is 0.184. The van der Waals surface area contributed by atoms with E-state index in [4.69, 9.17) is 14.0 Å². The summed E-state index contributed by atoms with van der Waals surface area (Å²) in [5.74, 6) is 2.28. The Balaban J connectivity index is 1.20. The van der Waals surface area contributed by atoms with Crippen molar-refractivity contribution in [2.75, 3.05) is 33.9 Å². The molecular formula is C25H28N4O4. The predicted molar refractivity (Wildman–Crippen MR) is 126 cm³/mol. The molecule has 1 fully saturated rings. The number of fused-ring (bicyclic) bond motifs is 1. The fourth-order valence-electron chi connectivity index (χ4n) is 4.67. The molecule has 1 saturated heterocycles. The first kappa shape index (κ1) is 21.3. The van der Waals surface area contributed by atoms with Crippen LogP contribution in [0.2, 0.25) is 0 Å². The van der Waals surface area contributed by atoms with E-state index < -0.39 is 0 Å². The highest BCUT2D eigenvalue weighted by atomic mass is 16.5. The smallest absolute Gasteiger partial charge is 0.326 e. The normalized spacial score (nSPS) is 15.2. The minimum atomic E-state index is -0.0159. The lowest BCUT2D eigenvalue weighted by Crippen LogP contribution is -2.37. The third kappa shape index (κ3) is 4.26. The summed E-state index contributed by atoms with van der Waals surface area (Å²) in [6.07, 6.45) is 2.68. The molecular weight excluding hydrogens is 420 g/mol. The van der Waals surface area contributed by atoms with Gasteiger partial charge in [-0.25, -0.2) is 4.79 Å². The molecule has 2 aromatic heterocycles. The van der Waals surface area contributed by atoms with Crippen molar-refractivity contribution in [3.63, 3.8) is 0 Å². The van der Waals surface area contributed by atoms with Crippen LogP contribution in [0.4, 0.5) is 0 Å². The molecule has 0 radical (unpaired) electrons. The number of ether oxygens (including phenoxy) is 2. The molecule has 8 nitrogen and oxygen atoms in total. The second-order valence-electron chi connectivity index (χ2n) is 8.38. The van der Waals surface area contributed by atoms with Gasteiger partial charge in [0.15, 0.2) is 0 Å². The van der Waals surface area contributed by atoms with Gasteiger partial charge in [-0.05, 0) is 37.1 Å². The van der Waals surface area contributed by atoms with Crippen molar-refractivity contribution in [3.05, 3.63) is 64.8 Å². The molecule has 3 heterocycles. The fraction of sp³-hybridized carbons (Fsp3) is 0.360. The Morgan fingerprint density at radius 3 is 2.70 bits per heavy atom. The zero-order chi connectivity index (χ0) is 22.8. The number of rotatable bonds is 7. The second-order valence-corrected chi connectivity index (χ2v) is 8.38. The van der Waals surface area contributed by atoms with Crippen LogP contribution in [0.15, 0.2) is 57.8 Å². The van der Waals surface area contributed by atoms with E-state index in [2.05, 4.69) is 15.0 Å². The molecule has 0 unspecified atom stereocenters. The number of aromatic amines is 1. The number of hydrogen-bond donors (Lipinski definition) is 1. The first-order valence-corrected chi connectivity index (χ1v) is 11.3. The molecule has 172 valence electrons. The van der Waals surface area contributed by atoms with Crippen LogP contribution < -0.4 is 15.2 Å². The summed E-state index contributed by atoms with van der Waals surface area (Å²) < 4.78 is 18.3. The van der Waals surface area contributed by atoms with E-state index in [-0.39, 0.29) is 11.7 Å². The number of nitrogens with one attached hydrogen (secondary N) is 1. The van der Waals surface area contributed by atoms with Gasteiger partial charge in [-0.1, -0.05) is 17.3 Å². The average molecular weight is 449 g/mol. The highest BCUT2D eigenvalue weighted by Crippen LogP contribution is 2.33. The van der Waals surface area contributed by atoms with E-state index in [1.165, 1.54) is 0 Å². The van der Waals surface area contributed by atoms with Crippen LogP contribution in [-0.2, 0) is 6.42 Å². The minimum Gasteiger partial charge on any atom is -0.497 e. The van der Waals surface area contributed by atoms with E-state index in [0.29, 0.717) is 5.75 Å². The number of likely N-dealkylation sites (tertiary alicyclic amines) is 1. The molecule has 1 N–H and O–H groups in total. The average Bonchev–Trinajstić information content (AvgIpc) is 3.46. The van der Waals surface area contributed by atoms with Crippen LogP contribution in [0.3, 0.4) is 0 Å². The van der Waals surface area contributed by atoms with Gasteiger partial charge in [0, 0.05) is 49.8 Å². The van der Waals surface area contributed by atoms with E-state index in [9.17, 15) is 4.79 Å². The van der Waals surface area contributed by atoms with E-state index >= 15 is 0 Å². The molecule has 0 amide bonds. The molecule has 1 aliphatic heterocycles. The largest absolute Gasteiger partial charge is 0.497 e. The first-order chi connectivity index (χ1) is 16.2. The molecule has 8 heteroatoms. The monoisotopic (exact) mass is 448 g/mol. The van der Waals surface area contributed by atoms with E-state index in [1.807, 2.05) is 53.1 Å². The number of para-hydroxylation sites is 2. The van der Waals surface area contributed by atoms with Gasteiger partial charge < -0.3 is 23.9 Å². The molecule has 33 heavy (non-hydrogen) atoms. The van der Waals surface area contributed by atoms with Crippen molar-refractivity contribution in [2.45, 2.75) is 25.3 Å². The van der Waals surface area contributed by atoms with Gasteiger partial charge in [0.25, 0.3) is 0 Å². The fourth-order valence-corrected chi connectivity index (χ4v) is 4.67. The number of piperidine rings is 1. The quantitative estimate of drug-likeness (QED) is 0.462. The van der Waals surface area contributed by atoms with Crippen molar-refractivity contribution < 1.29 is 14.0 Å². The summed E-state index contributed by atoms with van der Waals surface area (Å²) in [6.45, 7) is 2.79. The maximum atomic E-state index is 12.5. The molecule has 2 aromatic carbocycles. The standard InChI is InChI=1S/C25H28N4O4/c1-31-18-7-8-20(24(16-18)32-2)22-15-19(33-27-22)11-14-28-12-9-17(10-13-28)29-23-6-4-3-5-21(23)26-25(29)30/h3-8,15-17H,9-14H2,1-2H3,(H,26,30). The van der Waals surface area contributed by atoms with E-state index in [1.54, 1.807) is 14.2 Å². The summed E-state index contributed by atoms with van der Waals surface area (Å²) in [4.78, 5) is 17.9. The lowest BCUT2D eigenvalue weighted by Gasteiger charge is -2.32. The second kappa shape index (κ2) is 9.15. The van der Waals surface area contributed by atoms with Crippen molar-refractivity contribution in [3.8, 4) is 22.8 Å². The molecule has 0 saturated carbocycles. The number of hydrogen-bond acceptors (Lipinski definition) is 6. The summed E-state index contributed by atoms with van der Waals surface area (Å²) in [7, 11) is 3.26. The molecule has 1 aliphatic rings. The predicted octanol–water partition coefficient (Wildman–Crippen LogP) is 3.88. The SMILES string of the molecule is COc1ccc(-c2cc(CCN3CCC(n4c(=O)[nH]c5ccccc54)CC3)on2)c(OC)c1. The molecule has 0 aliphatic carbocycles. The Labute approximate surface area is 191 Å². The van der Waals surface area contributed by atoms with Crippen LogP contribution >= 0.6 is 0 Å². The zero-order valence-corrected chi connectivity index (χ0v) is 18.9. The van der Waals surface area contributed by atoms with Crippen LogP contribution in [0.5, 0.6) is 11.5 Å². The van der Waals surface area contributed by atoms with Crippen molar-refractivity contribution in [1.82, 2.24) is 19.6 Å². The summed E-state index contributed by atoms with van der Waals surface area (Å²) in [5, 5.41) is 4.24. The maximum Gasteiger partial charge on any atom is 0.326 e. The molecule has 0 spiro atoms. The van der Waals surface area contributed by atoms with Crippen LogP contribution in [-0.4, -0.2) is 53.5 Å². The Morgan fingerprint density at radius 2 is 1.91 bits per heavy atom. The van der Waals surface area contributed by atoms with Gasteiger partial charge in [-0.15, -0.1) is 0 Å². The van der Waals surface area contributed by atoms with Crippen LogP contribution in [0.1, 0.15) is 24.6 Å². The molecule has 0 atom stereocenters. The topological polar surface area (TPSA) is 85.5 Å². The first-order valence-electron chi connectivity index (χ1n) is 11.3. The number of methoxy groups -OCH3 is 2. The van der Waals surface area contributed by atoms with Gasteiger partial charge in [-0.3, -0.25) is 4.57 Å². The number of nitrogens with zero attached hydrogens (tertiary/aromatic N) is 3. The van der Waals surface area contributed by atoms with Crippen molar-refractivity contribution in [1.29, 1.82) is 0 Å². The molecule has 4 aromatic rings. The lowest BCUT2D eigenvalue weighted by atomic mass is 10.0. The summed E-state index contributed by atoms with van der Waals surface area (Å²) in [5.41, 5.74) is 3.50. The Hall–Kier alpha value is -3.52. The summed E-state index contributed by atoms with van der Waals surface area (Å²) in [6, 6.07) is 15.7. The number of H-pyrrole nitrogens is 1. The van der Waals surface area contributed by atoms with Gasteiger partial charge in [0.2, 0.25) is 0 Å². The third-order valence-electron chi connectivity index (χ3n) is 6.46. The summed E-state index contributed by atoms with van der Waals surface area (Å²) >= 11 is 0. The van der Waals surface area contributed by atoms with Crippen LogP contribution in [0, 0.1) is 0 Å². The molecule has 0 bridgehead atoms. The van der Waals surface area contributed by atoms with Gasteiger partial charge >= 0.3 is 5.69 Å². The molecule has 5 rings (SSSR count). The Morgan fingerprint density at radius 1 is 1.09 bits per heavy atom. The zero-order valence-electron chi connectivity index (χ0n) is 18.9. The highest BCUT2D eigenvalue weighted by Gasteiger charge is 2.23. The van der Waals surface area contributed by atoms with E-state index in [0.717, 1.165) is 72.7 Å². The van der Waals surface area contributed by atoms with Crippen molar-refractivity contribution >= 4 is 11.0 Å². The highest BCUT2D eigenvalue weighted by molar-refractivity contribution is 5.75. The van der Waals surface area contributed by atoms with Crippen molar-refractivity contribution in [2.24, 2.45) is 0 Å². The van der Waals surface area contributed by atoms with Gasteiger partial charge in [-0.2, -0.15) is 0 Å². The Kier molecular flexibility index (Phi) is 5.92. The minimum absolute atomic E-state index is 0.0159. The maximum absolute atomic E-state index is 12.5. The number of aromatic nitrogens is 3. The Bertz CT molecular complexity index is 1300. The number of imidazole rings is 1. The third-order valence-corrected chi connectivity index (χ3v) is 6.46. The van der Waals surface area contributed by atoms with Gasteiger partial charge in [0.1, 0.15) is 23.0 Å². The number of benzene rings is 2.